The van der Waals surface area contributed by atoms with Crippen LogP contribution in [0.25, 0.3) is 0 Å². The lowest BCUT2D eigenvalue weighted by molar-refractivity contribution is 0.477. The van der Waals surface area contributed by atoms with E-state index >= 15 is 0 Å². The predicted octanol–water partition coefficient (Wildman–Crippen LogP) is 3.86. The molecule has 0 fully saturated rings. The Bertz CT molecular complexity index is 520. The van der Waals surface area contributed by atoms with Crippen LogP contribution in [0.4, 0.5) is 5.69 Å². The monoisotopic (exact) mass is 243 g/mol. The Kier molecular flexibility index (Phi) is 3.83. The summed E-state index contributed by atoms with van der Waals surface area (Å²) in [6, 6.07) is 15.2. The molecule has 0 heterocycles. The van der Waals surface area contributed by atoms with Gasteiger partial charge in [-0.05, 0) is 36.1 Å². The first-order valence-corrected chi connectivity index (χ1v) is 6.48. The van der Waals surface area contributed by atoms with Crippen LogP contribution in [0.5, 0.6) is 5.75 Å². The summed E-state index contributed by atoms with van der Waals surface area (Å²) in [5, 5.41) is 9.55. The molecular formula is C14H13NOS. The standard InChI is InChI=1S/C14H13NOS/c1-17-12-8-6-11(7-9-12)10-15-13-4-2-3-5-14(13)16/h2-10,16H,1H3. The van der Waals surface area contributed by atoms with Gasteiger partial charge in [0.05, 0.1) is 0 Å². The number of benzene rings is 2. The van der Waals surface area contributed by atoms with E-state index in [4.69, 9.17) is 0 Å². The average molecular weight is 243 g/mol. The zero-order chi connectivity index (χ0) is 12.1. The van der Waals surface area contributed by atoms with Crippen LogP contribution in [0, 0.1) is 0 Å². The zero-order valence-corrected chi connectivity index (χ0v) is 10.3. The van der Waals surface area contributed by atoms with Gasteiger partial charge in [0, 0.05) is 11.1 Å². The normalized spacial score (nSPS) is 10.9. The maximum Gasteiger partial charge on any atom is 0.141 e. The summed E-state index contributed by atoms with van der Waals surface area (Å²) >= 11 is 1.71. The molecule has 17 heavy (non-hydrogen) atoms. The highest BCUT2D eigenvalue weighted by atomic mass is 32.2. The van der Waals surface area contributed by atoms with Crippen LogP contribution in [0.2, 0.25) is 0 Å². The van der Waals surface area contributed by atoms with Crippen LogP contribution in [0.3, 0.4) is 0 Å². The van der Waals surface area contributed by atoms with Gasteiger partial charge in [-0.3, -0.25) is 4.99 Å². The van der Waals surface area contributed by atoms with Gasteiger partial charge in [0.1, 0.15) is 11.4 Å². The van der Waals surface area contributed by atoms with Crippen molar-refractivity contribution in [3.63, 3.8) is 0 Å². The van der Waals surface area contributed by atoms with Crippen LogP contribution < -0.4 is 0 Å². The summed E-state index contributed by atoms with van der Waals surface area (Å²) in [5.74, 6) is 0.199. The van der Waals surface area contributed by atoms with Gasteiger partial charge in [-0.25, -0.2) is 0 Å². The van der Waals surface area contributed by atoms with Gasteiger partial charge in [0.25, 0.3) is 0 Å². The van der Waals surface area contributed by atoms with E-state index in [0.717, 1.165) is 5.56 Å². The molecule has 2 aromatic carbocycles. The molecule has 2 nitrogen and oxygen atoms in total. The Balaban J connectivity index is 2.17. The molecule has 0 saturated heterocycles. The van der Waals surface area contributed by atoms with Gasteiger partial charge in [0.2, 0.25) is 0 Å². The van der Waals surface area contributed by atoms with E-state index in [0.29, 0.717) is 5.69 Å². The number of hydrogen-bond donors (Lipinski definition) is 1. The number of phenols is 1. The summed E-state index contributed by atoms with van der Waals surface area (Å²) in [6.07, 6.45) is 3.80. The third-order valence-corrected chi connectivity index (χ3v) is 3.09. The summed E-state index contributed by atoms with van der Waals surface area (Å²) in [5.41, 5.74) is 1.60. The van der Waals surface area contributed by atoms with E-state index < -0.39 is 0 Å². The van der Waals surface area contributed by atoms with E-state index in [1.807, 2.05) is 24.5 Å². The Morgan fingerprint density at radius 2 is 1.76 bits per heavy atom. The maximum absolute atomic E-state index is 9.55. The number of hydrogen-bond acceptors (Lipinski definition) is 3. The highest BCUT2D eigenvalue weighted by Crippen LogP contribution is 2.24. The molecule has 0 aromatic heterocycles. The molecule has 0 atom stereocenters. The van der Waals surface area contributed by atoms with Crippen molar-refractivity contribution in [2.24, 2.45) is 4.99 Å². The highest BCUT2D eigenvalue weighted by molar-refractivity contribution is 7.98. The number of aliphatic imine (C=N–C) groups is 1. The van der Waals surface area contributed by atoms with Gasteiger partial charge in [-0.2, -0.15) is 0 Å². The number of phenolic OH excluding ortho intramolecular Hbond substituents is 1. The first-order valence-electron chi connectivity index (χ1n) is 5.26. The minimum atomic E-state index is 0.199. The highest BCUT2D eigenvalue weighted by Gasteiger charge is 1.95. The summed E-state index contributed by atoms with van der Waals surface area (Å²) in [6.45, 7) is 0. The Hall–Kier alpha value is -1.74. The lowest BCUT2D eigenvalue weighted by atomic mass is 10.2. The third-order valence-electron chi connectivity index (χ3n) is 2.35. The van der Waals surface area contributed by atoms with Gasteiger partial charge < -0.3 is 5.11 Å². The Morgan fingerprint density at radius 1 is 1.06 bits per heavy atom. The fourth-order valence-electron chi connectivity index (χ4n) is 1.41. The van der Waals surface area contributed by atoms with Gasteiger partial charge >= 0.3 is 0 Å². The quantitative estimate of drug-likeness (QED) is 0.655. The minimum Gasteiger partial charge on any atom is -0.506 e. The molecule has 0 unspecified atom stereocenters. The van der Waals surface area contributed by atoms with E-state index in [9.17, 15) is 5.11 Å². The molecule has 3 heteroatoms. The molecule has 1 N–H and O–H groups in total. The second-order valence-electron chi connectivity index (χ2n) is 3.52. The lowest BCUT2D eigenvalue weighted by Gasteiger charge is -1.98. The van der Waals surface area contributed by atoms with Crippen LogP contribution in [-0.2, 0) is 0 Å². The van der Waals surface area contributed by atoms with Gasteiger partial charge in [0.15, 0.2) is 0 Å². The SMILES string of the molecule is CSc1ccc(C=Nc2ccccc2O)cc1. The molecule has 0 saturated carbocycles. The van der Waals surface area contributed by atoms with Crippen molar-refractivity contribution in [3.8, 4) is 5.75 Å². The molecule has 0 bridgehead atoms. The third kappa shape index (κ3) is 3.11. The maximum atomic E-state index is 9.55. The molecule has 0 aliphatic heterocycles. The van der Waals surface area contributed by atoms with Crippen molar-refractivity contribution in [1.82, 2.24) is 0 Å². The molecule has 0 radical (unpaired) electrons. The zero-order valence-electron chi connectivity index (χ0n) is 9.50. The average Bonchev–Trinajstić information content (AvgIpc) is 2.38. The van der Waals surface area contributed by atoms with Crippen LogP contribution in [0.1, 0.15) is 5.56 Å². The molecule has 2 aromatic rings. The first-order chi connectivity index (χ1) is 8.29. The fraction of sp³-hybridized carbons (Fsp3) is 0.0714. The van der Waals surface area contributed by atoms with E-state index in [1.165, 1.54) is 4.90 Å². The molecule has 86 valence electrons. The lowest BCUT2D eigenvalue weighted by Crippen LogP contribution is -1.80. The fourth-order valence-corrected chi connectivity index (χ4v) is 1.82. The summed E-state index contributed by atoms with van der Waals surface area (Å²) < 4.78 is 0. The van der Waals surface area contributed by atoms with Crippen molar-refractivity contribution >= 4 is 23.7 Å². The molecule has 0 aliphatic carbocycles. The largest absolute Gasteiger partial charge is 0.506 e. The minimum absolute atomic E-state index is 0.199. The van der Waals surface area contributed by atoms with Gasteiger partial charge in [-0.15, -0.1) is 11.8 Å². The molecule has 2 rings (SSSR count). The van der Waals surface area contributed by atoms with Crippen molar-refractivity contribution in [3.05, 3.63) is 54.1 Å². The topological polar surface area (TPSA) is 32.6 Å². The number of aromatic hydroxyl groups is 1. The number of thioether (sulfide) groups is 1. The molecule has 0 aliphatic rings. The second kappa shape index (κ2) is 5.55. The number of rotatable bonds is 3. The Morgan fingerprint density at radius 3 is 2.41 bits per heavy atom. The van der Waals surface area contributed by atoms with Crippen molar-refractivity contribution < 1.29 is 5.11 Å². The van der Waals surface area contributed by atoms with Crippen LogP contribution in [-0.4, -0.2) is 17.6 Å². The van der Waals surface area contributed by atoms with Crippen molar-refractivity contribution in [2.45, 2.75) is 4.90 Å². The van der Waals surface area contributed by atoms with E-state index in [-0.39, 0.29) is 5.75 Å². The van der Waals surface area contributed by atoms with E-state index in [2.05, 4.69) is 17.1 Å². The summed E-state index contributed by atoms with van der Waals surface area (Å²) in [4.78, 5) is 5.48. The second-order valence-corrected chi connectivity index (χ2v) is 4.40. The van der Waals surface area contributed by atoms with Crippen molar-refractivity contribution in [2.75, 3.05) is 6.26 Å². The predicted molar refractivity (Wildman–Crippen MR) is 73.6 cm³/mol. The molecule has 0 amide bonds. The number of para-hydroxylation sites is 2. The summed E-state index contributed by atoms with van der Waals surface area (Å²) in [7, 11) is 0. The van der Waals surface area contributed by atoms with Gasteiger partial charge in [-0.1, -0.05) is 24.3 Å². The Labute approximate surface area is 105 Å². The van der Waals surface area contributed by atoms with Crippen LogP contribution in [0.15, 0.2) is 58.4 Å². The van der Waals surface area contributed by atoms with Crippen molar-refractivity contribution in [1.29, 1.82) is 0 Å². The van der Waals surface area contributed by atoms with E-state index in [1.54, 1.807) is 36.2 Å². The molecule has 0 spiro atoms. The van der Waals surface area contributed by atoms with Crippen LogP contribution >= 0.6 is 11.8 Å². The smallest absolute Gasteiger partial charge is 0.141 e. The number of nitrogens with zero attached hydrogens (tertiary/aromatic N) is 1. The first kappa shape index (κ1) is 11.7. The molecular weight excluding hydrogens is 230 g/mol.